The summed E-state index contributed by atoms with van der Waals surface area (Å²) in [6, 6.07) is 13.1. The van der Waals surface area contributed by atoms with Gasteiger partial charge in [-0.2, -0.15) is 0 Å². The zero-order valence-electron chi connectivity index (χ0n) is 18.2. The lowest BCUT2D eigenvalue weighted by Gasteiger charge is -2.16. The van der Waals surface area contributed by atoms with Gasteiger partial charge in [0.05, 0.1) is 0 Å². The van der Waals surface area contributed by atoms with Gasteiger partial charge in [0.2, 0.25) is 5.91 Å². The van der Waals surface area contributed by atoms with Gasteiger partial charge in [0, 0.05) is 56.7 Å². The molecule has 32 heavy (non-hydrogen) atoms. The van der Waals surface area contributed by atoms with Gasteiger partial charge in [-0.05, 0) is 47.7 Å². The standard InChI is InChI=1S/C24H28FN5O.HI/c1-26-24(27-10-9-19-15-28-22-13-20(25)7-8-21(19)22)29-14-17-4-2-5-18(12-17)16-30-11-3-6-23(30)31;/h2,4-5,7-8,12-13,15,28H,3,6,9-11,14,16H2,1H3,(H2,26,27,29);1H. The van der Waals surface area contributed by atoms with Crippen LogP contribution in [0, 0.1) is 5.82 Å². The molecule has 0 spiro atoms. The Hall–Kier alpha value is -2.62. The number of aliphatic imine (C=N–C) groups is 1. The summed E-state index contributed by atoms with van der Waals surface area (Å²) in [6.45, 7) is 2.88. The van der Waals surface area contributed by atoms with E-state index in [4.69, 9.17) is 0 Å². The monoisotopic (exact) mass is 549 g/mol. The predicted molar refractivity (Wildman–Crippen MR) is 137 cm³/mol. The molecule has 1 aliphatic heterocycles. The van der Waals surface area contributed by atoms with E-state index in [1.807, 2.05) is 23.2 Å². The minimum Gasteiger partial charge on any atom is -0.361 e. The van der Waals surface area contributed by atoms with Crippen molar-refractivity contribution in [2.75, 3.05) is 20.1 Å². The molecule has 0 radical (unpaired) electrons. The second kappa shape index (κ2) is 11.3. The van der Waals surface area contributed by atoms with Crippen molar-refractivity contribution in [3.05, 3.63) is 71.2 Å². The van der Waals surface area contributed by atoms with Gasteiger partial charge in [-0.15, -0.1) is 24.0 Å². The summed E-state index contributed by atoms with van der Waals surface area (Å²) in [4.78, 5) is 21.2. The van der Waals surface area contributed by atoms with Gasteiger partial charge >= 0.3 is 0 Å². The molecule has 0 atom stereocenters. The van der Waals surface area contributed by atoms with Crippen LogP contribution < -0.4 is 10.6 Å². The Morgan fingerprint density at radius 2 is 2.03 bits per heavy atom. The maximum absolute atomic E-state index is 13.3. The first-order valence-corrected chi connectivity index (χ1v) is 10.7. The minimum absolute atomic E-state index is 0. The second-order valence-electron chi connectivity index (χ2n) is 7.85. The average Bonchev–Trinajstić information content (AvgIpc) is 3.36. The molecule has 6 nitrogen and oxygen atoms in total. The van der Waals surface area contributed by atoms with E-state index in [0.717, 1.165) is 52.9 Å². The molecular formula is C24H29FIN5O. The lowest BCUT2D eigenvalue weighted by molar-refractivity contribution is -0.128. The van der Waals surface area contributed by atoms with Gasteiger partial charge in [0.25, 0.3) is 0 Å². The summed E-state index contributed by atoms with van der Waals surface area (Å²) < 4.78 is 13.3. The maximum Gasteiger partial charge on any atom is 0.222 e. The number of carbonyl (C=O) groups excluding carboxylic acids is 1. The van der Waals surface area contributed by atoms with Crippen LogP contribution in [0.25, 0.3) is 10.9 Å². The number of fused-ring (bicyclic) bond motifs is 1. The molecule has 3 aromatic rings. The molecule has 3 N–H and O–H groups in total. The highest BCUT2D eigenvalue weighted by atomic mass is 127. The van der Waals surface area contributed by atoms with E-state index in [0.29, 0.717) is 26.1 Å². The van der Waals surface area contributed by atoms with Crippen LogP contribution in [0.3, 0.4) is 0 Å². The lowest BCUT2D eigenvalue weighted by Crippen LogP contribution is -2.37. The Morgan fingerprint density at radius 1 is 1.19 bits per heavy atom. The van der Waals surface area contributed by atoms with Gasteiger partial charge in [-0.3, -0.25) is 9.79 Å². The van der Waals surface area contributed by atoms with Crippen molar-refractivity contribution in [2.45, 2.75) is 32.4 Å². The topological polar surface area (TPSA) is 72.5 Å². The van der Waals surface area contributed by atoms with Crippen LogP contribution in [0.5, 0.6) is 0 Å². The third kappa shape index (κ3) is 5.99. The normalized spacial score (nSPS) is 14.0. The van der Waals surface area contributed by atoms with Crippen molar-refractivity contribution >= 4 is 46.7 Å². The van der Waals surface area contributed by atoms with Gasteiger partial charge in [0.1, 0.15) is 5.82 Å². The molecule has 0 saturated carbocycles. The zero-order chi connectivity index (χ0) is 21.6. The van der Waals surface area contributed by atoms with E-state index >= 15 is 0 Å². The van der Waals surface area contributed by atoms with Crippen LogP contribution in [-0.4, -0.2) is 41.9 Å². The number of benzene rings is 2. The van der Waals surface area contributed by atoms with Gasteiger partial charge in [-0.1, -0.05) is 24.3 Å². The van der Waals surface area contributed by atoms with Gasteiger partial charge in [0.15, 0.2) is 5.96 Å². The minimum atomic E-state index is -0.236. The molecule has 170 valence electrons. The number of hydrogen-bond donors (Lipinski definition) is 3. The largest absolute Gasteiger partial charge is 0.361 e. The number of nitrogens with one attached hydrogen (secondary N) is 3. The van der Waals surface area contributed by atoms with Crippen molar-refractivity contribution in [2.24, 2.45) is 4.99 Å². The molecule has 1 aliphatic rings. The smallest absolute Gasteiger partial charge is 0.222 e. The van der Waals surface area contributed by atoms with Crippen molar-refractivity contribution in [1.82, 2.24) is 20.5 Å². The molecule has 1 aromatic heterocycles. The number of halogens is 2. The molecule has 2 aromatic carbocycles. The summed E-state index contributed by atoms with van der Waals surface area (Å²) in [6.07, 6.45) is 4.35. The molecule has 2 heterocycles. The van der Waals surface area contributed by atoms with Crippen LogP contribution in [-0.2, 0) is 24.3 Å². The molecule has 1 amide bonds. The Bertz CT molecular complexity index is 1100. The number of H-pyrrole nitrogens is 1. The molecule has 4 rings (SSSR count). The van der Waals surface area contributed by atoms with E-state index in [1.165, 1.54) is 12.1 Å². The number of guanidine groups is 1. The Morgan fingerprint density at radius 3 is 2.81 bits per heavy atom. The Balaban J connectivity index is 0.00000289. The Kier molecular flexibility index (Phi) is 8.49. The molecule has 1 fully saturated rings. The maximum atomic E-state index is 13.3. The van der Waals surface area contributed by atoms with E-state index in [2.05, 4.69) is 38.8 Å². The molecule has 0 bridgehead atoms. The number of nitrogens with zero attached hydrogens (tertiary/aromatic N) is 2. The number of aromatic amines is 1. The fraction of sp³-hybridized carbons (Fsp3) is 0.333. The predicted octanol–water partition coefficient (Wildman–Crippen LogP) is 3.96. The fourth-order valence-electron chi connectivity index (χ4n) is 4.02. The Labute approximate surface area is 204 Å². The van der Waals surface area contributed by atoms with Crippen LogP contribution in [0.4, 0.5) is 4.39 Å². The summed E-state index contributed by atoms with van der Waals surface area (Å²) in [5.41, 5.74) is 4.24. The van der Waals surface area contributed by atoms with Crippen molar-refractivity contribution in [1.29, 1.82) is 0 Å². The second-order valence-corrected chi connectivity index (χ2v) is 7.85. The first-order valence-electron chi connectivity index (χ1n) is 10.7. The molecule has 0 aliphatic carbocycles. The first kappa shape index (κ1) is 24.0. The molecule has 1 saturated heterocycles. The van der Waals surface area contributed by atoms with Crippen LogP contribution in [0.15, 0.2) is 53.7 Å². The van der Waals surface area contributed by atoms with E-state index < -0.39 is 0 Å². The summed E-state index contributed by atoms with van der Waals surface area (Å²) in [7, 11) is 1.75. The van der Waals surface area contributed by atoms with Gasteiger partial charge in [-0.25, -0.2) is 4.39 Å². The number of hydrogen-bond acceptors (Lipinski definition) is 2. The number of aromatic nitrogens is 1. The first-order chi connectivity index (χ1) is 15.1. The molecule has 0 unspecified atom stereocenters. The third-order valence-corrected chi connectivity index (χ3v) is 5.64. The summed E-state index contributed by atoms with van der Waals surface area (Å²) in [5, 5.41) is 7.71. The van der Waals surface area contributed by atoms with E-state index in [9.17, 15) is 9.18 Å². The lowest BCUT2D eigenvalue weighted by atomic mass is 10.1. The van der Waals surface area contributed by atoms with Crippen molar-refractivity contribution in [3.8, 4) is 0 Å². The van der Waals surface area contributed by atoms with E-state index in [-0.39, 0.29) is 35.7 Å². The highest BCUT2D eigenvalue weighted by Gasteiger charge is 2.19. The molecule has 8 heteroatoms. The summed E-state index contributed by atoms with van der Waals surface area (Å²) in [5.74, 6) is 0.735. The number of likely N-dealkylation sites (tertiary alicyclic amines) is 1. The third-order valence-electron chi connectivity index (χ3n) is 5.64. The fourth-order valence-corrected chi connectivity index (χ4v) is 4.02. The highest BCUT2D eigenvalue weighted by molar-refractivity contribution is 14.0. The van der Waals surface area contributed by atoms with Crippen molar-refractivity contribution < 1.29 is 9.18 Å². The van der Waals surface area contributed by atoms with E-state index in [1.54, 1.807) is 7.05 Å². The van der Waals surface area contributed by atoms with Crippen LogP contribution >= 0.6 is 24.0 Å². The zero-order valence-corrected chi connectivity index (χ0v) is 20.5. The summed E-state index contributed by atoms with van der Waals surface area (Å²) >= 11 is 0. The van der Waals surface area contributed by atoms with Crippen LogP contribution in [0.2, 0.25) is 0 Å². The SMILES string of the molecule is CN=C(NCCc1c[nH]c2cc(F)ccc12)NCc1cccc(CN2CCCC2=O)c1.I. The van der Waals surface area contributed by atoms with Gasteiger partial charge < -0.3 is 20.5 Å². The van der Waals surface area contributed by atoms with Crippen molar-refractivity contribution in [3.63, 3.8) is 0 Å². The number of carbonyl (C=O) groups is 1. The quantitative estimate of drug-likeness (QED) is 0.238. The van der Waals surface area contributed by atoms with Crippen LogP contribution in [0.1, 0.15) is 29.5 Å². The number of rotatable bonds is 7. The average molecular weight is 549 g/mol. The highest BCUT2D eigenvalue weighted by Crippen LogP contribution is 2.19. The molecular weight excluding hydrogens is 520 g/mol. The number of amides is 1.